The maximum Gasteiger partial charge on any atom is 0.325 e. The van der Waals surface area contributed by atoms with Crippen LogP contribution in [0.25, 0.3) is 0 Å². The fourth-order valence-electron chi connectivity index (χ4n) is 1.13. The summed E-state index contributed by atoms with van der Waals surface area (Å²) in [6, 6.07) is 4.48. The van der Waals surface area contributed by atoms with E-state index < -0.39 is 21.2 Å². The van der Waals surface area contributed by atoms with Gasteiger partial charge in [0.1, 0.15) is 0 Å². The van der Waals surface area contributed by atoms with Crippen LogP contribution in [0.5, 0.6) is 5.75 Å². The molecule has 0 bridgehead atoms. The first-order chi connectivity index (χ1) is 8.29. The summed E-state index contributed by atoms with van der Waals surface area (Å²) in [5.74, 6) is -1.13. The number of aromatic hydroxyl groups is 1. The summed E-state index contributed by atoms with van der Waals surface area (Å²) in [6.45, 7) is 1.20. The van der Waals surface area contributed by atoms with Crippen molar-refractivity contribution in [2.75, 3.05) is 11.8 Å². The first-order valence-electron chi connectivity index (χ1n) is 4.86. The Morgan fingerprint density at radius 3 is 2.67 bits per heavy atom. The first kappa shape index (κ1) is 14.8. The zero-order valence-electron chi connectivity index (χ0n) is 9.68. The first-order valence-corrected chi connectivity index (χ1v) is 7.20. The second-order valence-corrected chi connectivity index (χ2v) is 6.30. The molecule has 0 aromatic heterocycles. The normalized spacial score (nSPS) is 12.8. The largest absolute Gasteiger partial charge is 0.505 e. The summed E-state index contributed by atoms with van der Waals surface area (Å²) < 4.78 is 30.5. The number of halogens is 1. The zero-order valence-corrected chi connectivity index (χ0v) is 12.1. The third kappa shape index (κ3) is 3.14. The maximum atomic E-state index is 11.8. The number of carbonyl (C=O) groups is 1. The monoisotopic (exact) mass is 337 g/mol. The zero-order chi connectivity index (χ0) is 13.9. The maximum absolute atomic E-state index is 11.8. The molecule has 8 heteroatoms. The fraction of sp³-hybridized carbons (Fsp3) is 0.300. The quantitative estimate of drug-likeness (QED) is 0.640. The van der Waals surface area contributed by atoms with Crippen LogP contribution in [-0.2, 0) is 19.6 Å². The molecule has 0 heterocycles. The average molecular weight is 338 g/mol. The van der Waals surface area contributed by atoms with Crippen LogP contribution in [0.3, 0.4) is 0 Å². The predicted octanol–water partition coefficient (Wildman–Crippen LogP) is 1.46. The number of para-hydroxylation sites is 1. The molecule has 0 aliphatic heterocycles. The molecule has 1 unspecified atom stereocenters. The van der Waals surface area contributed by atoms with E-state index in [2.05, 4.69) is 25.4 Å². The highest BCUT2D eigenvalue weighted by atomic mass is 79.9. The van der Waals surface area contributed by atoms with E-state index in [9.17, 15) is 18.3 Å². The number of sulfonamides is 1. The molecule has 100 valence electrons. The number of carbonyl (C=O) groups excluding carboxylic acids is 1. The van der Waals surface area contributed by atoms with Gasteiger partial charge in [-0.05, 0) is 35.0 Å². The van der Waals surface area contributed by atoms with Gasteiger partial charge in [-0.15, -0.1) is 0 Å². The molecule has 0 aliphatic carbocycles. The summed E-state index contributed by atoms with van der Waals surface area (Å²) in [4.78, 5) is 11.2. The summed E-state index contributed by atoms with van der Waals surface area (Å²) >= 11 is 3.06. The topological polar surface area (TPSA) is 92.7 Å². The molecule has 1 aromatic carbocycles. The van der Waals surface area contributed by atoms with E-state index in [1.165, 1.54) is 13.0 Å². The summed E-state index contributed by atoms with van der Waals surface area (Å²) in [5.41, 5.74) is -0.0138. The number of methoxy groups -OCH3 is 1. The highest BCUT2D eigenvalue weighted by molar-refractivity contribution is 9.10. The van der Waals surface area contributed by atoms with Gasteiger partial charge < -0.3 is 9.84 Å². The van der Waals surface area contributed by atoms with Crippen LogP contribution in [0.1, 0.15) is 6.92 Å². The number of nitrogens with one attached hydrogen (secondary N) is 1. The van der Waals surface area contributed by atoms with Crippen LogP contribution in [-0.4, -0.2) is 31.9 Å². The Labute approximate surface area is 113 Å². The number of rotatable bonds is 4. The molecule has 0 spiro atoms. The van der Waals surface area contributed by atoms with Gasteiger partial charge >= 0.3 is 5.97 Å². The average Bonchev–Trinajstić information content (AvgIpc) is 2.32. The lowest BCUT2D eigenvalue weighted by Crippen LogP contribution is -2.33. The van der Waals surface area contributed by atoms with Gasteiger partial charge in [0.15, 0.2) is 11.0 Å². The molecule has 1 atom stereocenters. The Bertz CT molecular complexity index is 557. The Morgan fingerprint density at radius 2 is 2.11 bits per heavy atom. The lowest BCUT2D eigenvalue weighted by Gasteiger charge is -2.14. The van der Waals surface area contributed by atoms with Gasteiger partial charge in [0, 0.05) is 0 Å². The predicted molar refractivity (Wildman–Crippen MR) is 69.8 cm³/mol. The van der Waals surface area contributed by atoms with Crippen molar-refractivity contribution in [3.05, 3.63) is 22.7 Å². The molecular weight excluding hydrogens is 326 g/mol. The van der Waals surface area contributed by atoms with E-state index in [1.54, 1.807) is 12.1 Å². The van der Waals surface area contributed by atoms with Crippen molar-refractivity contribution in [2.45, 2.75) is 12.2 Å². The van der Waals surface area contributed by atoms with Crippen LogP contribution < -0.4 is 4.72 Å². The highest BCUT2D eigenvalue weighted by Gasteiger charge is 2.29. The molecule has 1 aromatic rings. The van der Waals surface area contributed by atoms with E-state index in [-0.39, 0.29) is 11.4 Å². The minimum atomic E-state index is -3.97. The van der Waals surface area contributed by atoms with E-state index in [0.717, 1.165) is 7.11 Å². The summed E-state index contributed by atoms with van der Waals surface area (Å²) in [6.07, 6.45) is 0. The number of esters is 1. The molecule has 0 fully saturated rings. The second kappa shape index (κ2) is 5.57. The molecule has 1 rings (SSSR count). The van der Waals surface area contributed by atoms with Crippen molar-refractivity contribution in [3.8, 4) is 5.75 Å². The van der Waals surface area contributed by atoms with Crippen molar-refractivity contribution in [2.24, 2.45) is 0 Å². The standard InChI is InChI=1S/C10H12BrNO5S/c1-6(10(14)17-2)18(15,16)12-8-5-3-4-7(11)9(8)13/h3-6,12-13H,1-2H3. The number of phenols is 1. The van der Waals surface area contributed by atoms with Crippen LogP contribution in [0, 0.1) is 0 Å². The molecule has 18 heavy (non-hydrogen) atoms. The number of benzene rings is 1. The second-order valence-electron chi connectivity index (χ2n) is 3.45. The minimum Gasteiger partial charge on any atom is -0.505 e. The van der Waals surface area contributed by atoms with Gasteiger partial charge in [0.2, 0.25) is 10.0 Å². The van der Waals surface area contributed by atoms with Gasteiger partial charge in [-0.2, -0.15) is 0 Å². The SMILES string of the molecule is COC(=O)C(C)S(=O)(=O)Nc1cccc(Br)c1O. The number of phenolic OH excluding ortho intramolecular Hbond substituents is 1. The molecule has 0 saturated heterocycles. The Kier molecular flexibility index (Phi) is 4.58. The third-order valence-electron chi connectivity index (χ3n) is 2.24. The van der Waals surface area contributed by atoms with Gasteiger partial charge in [-0.25, -0.2) is 8.42 Å². The van der Waals surface area contributed by atoms with Gasteiger partial charge in [0.25, 0.3) is 0 Å². The van der Waals surface area contributed by atoms with Crippen molar-refractivity contribution in [1.82, 2.24) is 0 Å². The summed E-state index contributed by atoms with van der Waals surface area (Å²) in [7, 11) is -2.87. The number of hydrogen-bond acceptors (Lipinski definition) is 5. The van der Waals surface area contributed by atoms with Gasteiger partial charge in [-0.3, -0.25) is 9.52 Å². The minimum absolute atomic E-state index is 0.0138. The highest BCUT2D eigenvalue weighted by Crippen LogP contribution is 2.32. The molecule has 0 radical (unpaired) electrons. The van der Waals surface area contributed by atoms with Crippen molar-refractivity contribution >= 4 is 37.6 Å². The van der Waals surface area contributed by atoms with E-state index >= 15 is 0 Å². The number of anilines is 1. The van der Waals surface area contributed by atoms with Crippen molar-refractivity contribution in [1.29, 1.82) is 0 Å². The third-order valence-corrected chi connectivity index (χ3v) is 4.51. The Hall–Kier alpha value is -1.28. The van der Waals surface area contributed by atoms with Crippen LogP contribution in [0.15, 0.2) is 22.7 Å². The fourth-order valence-corrected chi connectivity index (χ4v) is 2.50. The molecule has 6 nitrogen and oxygen atoms in total. The van der Waals surface area contributed by atoms with E-state index in [0.29, 0.717) is 4.47 Å². The Balaban J connectivity index is 3.03. The molecule has 2 N–H and O–H groups in total. The molecule has 0 saturated carbocycles. The Morgan fingerprint density at radius 1 is 1.50 bits per heavy atom. The van der Waals surface area contributed by atoms with E-state index in [1.807, 2.05) is 0 Å². The van der Waals surface area contributed by atoms with Crippen LogP contribution >= 0.6 is 15.9 Å². The van der Waals surface area contributed by atoms with Crippen LogP contribution in [0.2, 0.25) is 0 Å². The number of hydrogen-bond donors (Lipinski definition) is 2. The lowest BCUT2D eigenvalue weighted by molar-refractivity contribution is -0.139. The van der Waals surface area contributed by atoms with Crippen LogP contribution in [0.4, 0.5) is 5.69 Å². The van der Waals surface area contributed by atoms with Gasteiger partial charge in [-0.1, -0.05) is 6.07 Å². The van der Waals surface area contributed by atoms with E-state index in [4.69, 9.17) is 0 Å². The molecular formula is C10H12BrNO5S. The van der Waals surface area contributed by atoms with Crippen molar-refractivity contribution < 1.29 is 23.1 Å². The smallest absolute Gasteiger partial charge is 0.325 e. The number of ether oxygens (including phenoxy) is 1. The lowest BCUT2D eigenvalue weighted by atomic mass is 10.3. The van der Waals surface area contributed by atoms with Crippen molar-refractivity contribution in [3.63, 3.8) is 0 Å². The van der Waals surface area contributed by atoms with Gasteiger partial charge in [0.05, 0.1) is 17.3 Å². The molecule has 0 amide bonds. The summed E-state index contributed by atoms with van der Waals surface area (Å²) in [5, 5.41) is 8.27. The molecule has 0 aliphatic rings.